The van der Waals surface area contributed by atoms with E-state index in [9.17, 15) is 0 Å². The average molecular weight is 167 g/mol. The van der Waals surface area contributed by atoms with Crippen molar-refractivity contribution in [1.29, 1.82) is 0 Å². The highest BCUT2D eigenvalue weighted by atomic mass is 35.5. The lowest BCUT2D eigenvalue weighted by molar-refractivity contribution is 0.0467. The molecular weight excluding hydrogens is 152 g/mol. The standard InChI is InChI=1S/C7H15ClO2/c1-2-3-4-10-6-7(9)5-8/h7,9H,2-6H2,1H3. The van der Waals surface area contributed by atoms with Crippen LogP contribution in [0.5, 0.6) is 0 Å². The van der Waals surface area contributed by atoms with Gasteiger partial charge in [0.2, 0.25) is 0 Å². The number of unbranched alkanes of at least 4 members (excludes halogenated alkanes) is 1. The minimum absolute atomic E-state index is 0.256. The van der Waals surface area contributed by atoms with Crippen molar-refractivity contribution in [3.05, 3.63) is 0 Å². The first-order valence-electron chi connectivity index (χ1n) is 3.63. The molecule has 0 aliphatic carbocycles. The van der Waals surface area contributed by atoms with Gasteiger partial charge in [0.05, 0.1) is 18.6 Å². The Morgan fingerprint density at radius 1 is 1.60 bits per heavy atom. The zero-order chi connectivity index (χ0) is 7.82. The van der Waals surface area contributed by atoms with Crippen LogP contribution in [0.15, 0.2) is 0 Å². The first-order valence-corrected chi connectivity index (χ1v) is 4.16. The van der Waals surface area contributed by atoms with E-state index in [1.165, 1.54) is 0 Å². The van der Waals surface area contributed by atoms with Crippen molar-refractivity contribution in [3.8, 4) is 0 Å². The van der Waals surface area contributed by atoms with Crippen LogP contribution in [0, 0.1) is 0 Å². The molecule has 2 nitrogen and oxygen atoms in total. The normalized spacial score (nSPS) is 13.5. The molecule has 62 valence electrons. The van der Waals surface area contributed by atoms with Crippen LogP contribution in [-0.4, -0.2) is 30.3 Å². The third kappa shape index (κ3) is 6.33. The summed E-state index contributed by atoms with van der Waals surface area (Å²) < 4.78 is 5.09. The number of hydrogen-bond donors (Lipinski definition) is 1. The molecule has 0 radical (unpaired) electrons. The molecule has 0 aliphatic rings. The summed E-state index contributed by atoms with van der Waals surface area (Å²) in [6.45, 7) is 3.19. The summed E-state index contributed by atoms with van der Waals surface area (Å²) in [6.07, 6.45) is 1.67. The van der Waals surface area contributed by atoms with E-state index in [0.717, 1.165) is 19.4 Å². The van der Waals surface area contributed by atoms with Gasteiger partial charge in [-0.1, -0.05) is 13.3 Å². The second-order valence-corrected chi connectivity index (χ2v) is 2.55. The first-order chi connectivity index (χ1) is 4.81. The molecular formula is C7H15ClO2. The SMILES string of the molecule is CCCCOCC(O)CCl. The summed E-state index contributed by atoms with van der Waals surface area (Å²) in [5.74, 6) is 0.256. The predicted octanol–water partition coefficient (Wildman–Crippen LogP) is 1.40. The van der Waals surface area contributed by atoms with Gasteiger partial charge in [-0.05, 0) is 6.42 Å². The Labute approximate surface area is 67.1 Å². The van der Waals surface area contributed by atoms with Crippen molar-refractivity contribution in [2.45, 2.75) is 25.9 Å². The van der Waals surface area contributed by atoms with Crippen molar-refractivity contribution in [3.63, 3.8) is 0 Å². The van der Waals surface area contributed by atoms with Gasteiger partial charge in [-0.2, -0.15) is 0 Å². The van der Waals surface area contributed by atoms with Crippen LogP contribution < -0.4 is 0 Å². The smallest absolute Gasteiger partial charge is 0.0908 e. The lowest BCUT2D eigenvalue weighted by atomic mass is 10.3. The molecule has 0 saturated heterocycles. The Hall–Kier alpha value is 0.210. The topological polar surface area (TPSA) is 29.5 Å². The summed E-state index contributed by atoms with van der Waals surface area (Å²) in [7, 11) is 0. The van der Waals surface area contributed by atoms with Gasteiger partial charge in [0.15, 0.2) is 0 Å². The van der Waals surface area contributed by atoms with Crippen molar-refractivity contribution < 1.29 is 9.84 Å². The minimum Gasteiger partial charge on any atom is -0.389 e. The number of aliphatic hydroxyl groups excluding tert-OH is 1. The average Bonchev–Trinajstić information content (AvgIpc) is 1.98. The number of alkyl halides is 1. The van der Waals surface area contributed by atoms with Gasteiger partial charge >= 0.3 is 0 Å². The van der Waals surface area contributed by atoms with Gasteiger partial charge in [-0.15, -0.1) is 11.6 Å². The lowest BCUT2D eigenvalue weighted by Gasteiger charge is -2.06. The van der Waals surface area contributed by atoms with Crippen LogP contribution in [0.1, 0.15) is 19.8 Å². The van der Waals surface area contributed by atoms with E-state index in [0.29, 0.717) is 6.61 Å². The molecule has 0 aromatic rings. The molecule has 1 unspecified atom stereocenters. The molecule has 0 rings (SSSR count). The molecule has 0 fully saturated rings. The third-order valence-corrected chi connectivity index (χ3v) is 1.49. The Bertz CT molecular complexity index is 68.6. The zero-order valence-corrected chi connectivity index (χ0v) is 7.10. The second kappa shape index (κ2) is 7.32. The highest BCUT2D eigenvalue weighted by Gasteiger charge is 1.99. The van der Waals surface area contributed by atoms with E-state index < -0.39 is 6.10 Å². The predicted molar refractivity (Wildman–Crippen MR) is 42.5 cm³/mol. The lowest BCUT2D eigenvalue weighted by Crippen LogP contribution is -2.16. The minimum atomic E-state index is -0.501. The van der Waals surface area contributed by atoms with E-state index in [1.807, 2.05) is 0 Å². The summed E-state index contributed by atoms with van der Waals surface area (Å²) in [5, 5.41) is 8.90. The summed E-state index contributed by atoms with van der Waals surface area (Å²) in [6, 6.07) is 0. The number of halogens is 1. The fourth-order valence-electron chi connectivity index (χ4n) is 0.510. The molecule has 0 amide bonds. The molecule has 1 atom stereocenters. The van der Waals surface area contributed by atoms with Crippen LogP contribution in [0.2, 0.25) is 0 Å². The van der Waals surface area contributed by atoms with Crippen molar-refractivity contribution >= 4 is 11.6 Å². The fraction of sp³-hybridized carbons (Fsp3) is 1.00. The number of ether oxygens (including phenoxy) is 1. The molecule has 0 aromatic carbocycles. The Morgan fingerprint density at radius 2 is 2.30 bits per heavy atom. The largest absolute Gasteiger partial charge is 0.389 e. The molecule has 1 N–H and O–H groups in total. The fourth-order valence-corrected chi connectivity index (χ4v) is 0.599. The van der Waals surface area contributed by atoms with Gasteiger partial charge in [0.25, 0.3) is 0 Å². The van der Waals surface area contributed by atoms with E-state index in [4.69, 9.17) is 21.4 Å². The maximum atomic E-state index is 8.90. The van der Waals surface area contributed by atoms with Gasteiger partial charge in [0.1, 0.15) is 0 Å². The number of hydrogen-bond acceptors (Lipinski definition) is 2. The summed E-state index contributed by atoms with van der Waals surface area (Å²) in [5.41, 5.74) is 0. The highest BCUT2D eigenvalue weighted by Crippen LogP contribution is 1.92. The second-order valence-electron chi connectivity index (χ2n) is 2.24. The van der Waals surface area contributed by atoms with Gasteiger partial charge < -0.3 is 9.84 Å². The van der Waals surface area contributed by atoms with Crippen LogP contribution in [0.4, 0.5) is 0 Å². The molecule has 0 heterocycles. The summed E-state index contributed by atoms with van der Waals surface area (Å²) in [4.78, 5) is 0. The van der Waals surface area contributed by atoms with E-state index in [2.05, 4.69) is 6.92 Å². The number of rotatable bonds is 6. The monoisotopic (exact) mass is 166 g/mol. The molecule has 0 aromatic heterocycles. The molecule has 10 heavy (non-hydrogen) atoms. The van der Waals surface area contributed by atoms with E-state index in [1.54, 1.807) is 0 Å². The maximum Gasteiger partial charge on any atom is 0.0908 e. The quantitative estimate of drug-likeness (QED) is 0.478. The molecule has 0 aliphatic heterocycles. The maximum absolute atomic E-state index is 8.90. The Balaban J connectivity index is 2.89. The Kier molecular flexibility index (Phi) is 7.47. The molecule has 3 heteroatoms. The molecule has 0 saturated carbocycles. The zero-order valence-electron chi connectivity index (χ0n) is 6.35. The summed E-state index contributed by atoms with van der Waals surface area (Å²) >= 11 is 5.33. The van der Waals surface area contributed by atoms with E-state index in [-0.39, 0.29) is 5.88 Å². The van der Waals surface area contributed by atoms with Crippen molar-refractivity contribution in [1.82, 2.24) is 0 Å². The highest BCUT2D eigenvalue weighted by molar-refractivity contribution is 6.18. The Morgan fingerprint density at radius 3 is 2.80 bits per heavy atom. The van der Waals surface area contributed by atoms with Crippen LogP contribution in [-0.2, 0) is 4.74 Å². The van der Waals surface area contributed by atoms with Crippen molar-refractivity contribution in [2.75, 3.05) is 19.1 Å². The third-order valence-electron chi connectivity index (χ3n) is 1.13. The molecule has 0 bridgehead atoms. The van der Waals surface area contributed by atoms with Crippen molar-refractivity contribution in [2.24, 2.45) is 0 Å². The van der Waals surface area contributed by atoms with Gasteiger partial charge in [-0.25, -0.2) is 0 Å². The van der Waals surface area contributed by atoms with Gasteiger partial charge in [0, 0.05) is 6.61 Å². The number of aliphatic hydroxyl groups is 1. The van der Waals surface area contributed by atoms with Crippen LogP contribution in [0.25, 0.3) is 0 Å². The van der Waals surface area contributed by atoms with Crippen LogP contribution in [0.3, 0.4) is 0 Å². The molecule has 0 spiro atoms. The van der Waals surface area contributed by atoms with E-state index >= 15 is 0 Å². The van der Waals surface area contributed by atoms with Crippen LogP contribution >= 0.6 is 11.6 Å². The first kappa shape index (κ1) is 10.2. The van der Waals surface area contributed by atoms with Gasteiger partial charge in [-0.3, -0.25) is 0 Å².